The fraction of sp³-hybridized carbons (Fsp3) is 0.588. The third-order valence-electron chi connectivity index (χ3n) is 4.33. The molecule has 0 radical (unpaired) electrons. The Bertz CT molecular complexity index is 511. The number of carbonyl (C=O) groups excluding carboxylic acids is 1. The zero-order valence-electron chi connectivity index (χ0n) is 13.5. The molecular weight excluding hydrogens is 280 g/mol. The van der Waals surface area contributed by atoms with Gasteiger partial charge in [-0.1, -0.05) is 32.1 Å². The van der Waals surface area contributed by atoms with Gasteiger partial charge < -0.3 is 20.5 Å². The summed E-state index contributed by atoms with van der Waals surface area (Å²) >= 11 is 0. The molecule has 3 N–H and O–H groups in total. The summed E-state index contributed by atoms with van der Waals surface area (Å²) in [4.78, 5) is 12.1. The van der Waals surface area contributed by atoms with E-state index in [0.29, 0.717) is 35.2 Å². The Hall–Kier alpha value is -1.91. The van der Waals surface area contributed by atoms with Gasteiger partial charge in [-0.2, -0.15) is 0 Å². The second kappa shape index (κ2) is 7.92. The van der Waals surface area contributed by atoms with E-state index in [-0.39, 0.29) is 5.91 Å². The Kier molecular flexibility index (Phi) is 5.92. The number of nitrogens with one attached hydrogen (secondary N) is 1. The number of hydrogen-bond acceptors (Lipinski definition) is 4. The van der Waals surface area contributed by atoms with Crippen molar-refractivity contribution in [2.75, 3.05) is 25.3 Å². The predicted molar refractivity (Wildman–Crippen MR) is 88.4 cm³/mol. The van der Waals surface area contributed by atoms with Crippen molar-refractivity contribution in [1.82, 2.24) is 0 Å². The smallest absolute Gasteiger partial charge is 0.224 e. The van der Waals surface area contributed by atoms with Gasteiger partial charge in [0, 0.05) is 18.6 Å². The molecule has 1 aromatic rings. The number of rotatable bonds is 6. The van der Waals surface area contributed by atoms with E-state index < -0.39 is 0 Å². The van der Waals surface area contributed by atoms with Crippen LogP contribution in [-0.2, 0) is 4.79 Å². The first-order chi connectivity index (χ1) is 10.6. The quantitative estimate of drug-likeness (QED) is 0.788. The third-order valence-corrected chi connectivity index (χ3v) is 4.33. The average molecular weight is 306 g/mol. The van der Waals surface area contributed by atoms with E-state index in [9.17, 15) is 4.79 Å². The summed E-state index contributed by atoms with van der Waals surface area (Å²) in [7, 11) is 3.11. The van der Waals surface area contributed by atoms with Gasteiger partial charge in [-0.25, -0.2) is 0 Å². The molecule has 0 aromatic heterocycles. The molecule has 122 valence electrons. The van der Waals surface area contributed by atoms with Crippen LogP contribution in [0.1, 0.15) is 44.9 Å². The first-order valence-electron chi connectivity index (χ1n) is 7.95. The van der Waals surface area contributed by atoms with Gasteiger partial charge in [0.2, 0.25) is 5.91 Å². The maximum absolute atomic E-state index is 12.1. The molecule has 5 nitrogen and oxygen atoms in total. The van der Waals surface area contributed by atoms with Crippen molar-refractivity contribution >= 4 is 17.3 Å². The molecule has 0 atom stereocenters. The van der Waals surface area contributed by atoms with Crippen molar-refractivity contribution in [1.29, 1.82) is 0 Å². The molecular formula is C17H26N2O3. The fourth-order valence-corrected chi connectivity index (χ4v) is 3.03. The summed E-state index contributed by atoms with van der Waals surface area (Å²) < 4.78 is 10.4. The predicted octanol–water partition coefficient (Wildman–Crippen LogP) is 3.59. The van der Waals surface area contributed by atoms with Crippen LogP contribution in [0.5, 0.6) is 11.5 Å². The van der Waals surface area contributed by atoms with Crippen molar-refractivity contribution in [3.63, 3.8) is 0 Å². The Labute approximate surface area is 132 Å². The monoisotopic (exact) mass is 306 g/mol. The Morgan fingerprint density at radius 3 is 2.45 bits per heavy atom. The van der Waals surface area contributed by atoms with E-state index in [0.717, 1.165) is 6.42 Å². The molecule has 22 heavy (non-hydrogen) atoms. The highest BCUT2D eigenvalue weighted by Crippen LogP contribution is 2.35. The van der Waals surface area contributed by atoms with Gasteiger partial charge in [-0.3, -0.25) is 4.79 Å². The van der Waals surface area contributed by atoms with E-state index >= 15 is 0 Å². The summed E-state index contributed by atoms with van der Waals surface area (Å²) in [5, 5.41) is 2.88. The van der Waals surface area contributed by atoms with Crippen LogP contribution in [-0.4, -0.2) is 20.1 Å². The number of nitrogen functional groups attached to an aromatic ring is 1. The zero-order valence-corrected chi connectivity index (χ0v) is 13.5. The first-order valence-corrected chi connectivity index (χ1v) is 7.95. The lowest BCUT2D eigenvalue weighted by Crippen LogP contribution is -2.15. The minimum absolute atomic E-state index is 0.00416. The number of anilines is 2. The first kappa shape index (κ1) is 16.5. The molecule has 0 aliphatic heterocycles. The van der Waals surface area contributed by atoms with Crippen molar-refractivity contribution < 1.29 is 14.3 Å². The molecule has 1 aliphatic carbocycles. The molecule has 1 aliphatic rings. The molecule has 0 heterocycles. The van der Waals surface area contributed by atoms with E-state index in [1.165, 1.54) is 32.1 Å². The van der Waals surface area contributed by atoms with Gasteiger partial charge in [-0.15, -0.1) is 0 Å². The fourth-order valence-electron chi connectivity index (χ4n) is 3.03. The van der Waals surface area contributed by atoms with E-state index in [1.54, 1.807) is 26.4 Å². The molecule has 0 bridgehead atoms. The largest absolute Gasteiger partial charge is 0.493 e. The van der Waals surface area contributed by atoms with Crippen molar-refractivity contribution in [3.05, 3.63) is 12.1 Å². The number of methoxy groups -OCH3 is 2. The Balaban J connectivity index is 1.93. The van der Waals surface area contributed by atoms with Gasteiger partial charge in [-0.05, 0) is 12.3 Å². The highest BCUT2D eigenvalue weighted by molar-refractivity contribution is 5.94. The highest BCUT2D eigenvalue weighted by atomic mass is 16.5. The summed E-state index contributed by atoms with van der Waals surface area (Å²) in [5.74, 6) is 1.81. The molecule has 0 unspecified atom stereocenters. The molecule has 1 aromatic carbocycles. The van der Waals surface area contributed by atoms with Crippen LogP contribution in [0.4, 0.5) is 11.4 Å². The zero-order chi connectivity index (χ0) is 15.9. The maximum atomic E-state index is 12.1. The molecule has 1 fully saturated rings. The number of nitrogens with two attached hydrogens (primary N) is 1. The molecule has 5 heteroatoms. The minimum atomic E-state index is 0.00416. The second-order valence-electron chi connectivity index (χ2n) is 5.89. The molecule has 1 saturated carbocycles. The number of benzene rings is 1. The van der Waals surface area contributed by atoms with Crippen LogP contribution in [0.2, 0.25) is 0 Å². The molecule has 2 rings (SSSR count). The van der Waals surface area contributed by atoms with Crippen LogP contribution in [0.15, 0.2) is 12.1 Å². The number of carbonyl (C=O) groups is 1. The van der Waals surface area contributed by atoms with Crippen molar-refractivity contribution in [3.8, 4) is 11.5 Å². The number of hydrogen-bond donors (Lipinski definition) is 2. The minimum Gasteiger partial charge on any atom is -0.493 e. The van der Waals surface area contributed by atoms with Gasteiger partial charge in [0.05, 0.1) is 25.6 Å². The topological polar surface area (TPSA) is 73.6 Å². The van der Waals surface area contributed by atoms with Crippen molar-refractivity contribution in [2.24, 2.45) is 5.92 Å². The van der Waals surface area contributed by atoms with Gasteiger partial charge in [0.15, 0.2) is 11.5 Å². The summed E-state index contributed by atoms with van der Waals surface area (Å²) in [6.07, 6.45) is 7.95. The van der Waals surface area contributed by atoms with Gasteiger partial charge in [0.25, 0.3) is 0 Å². The van der Waals surface area contributed by atoms with Crippen LogP contribution in [0.3, 0.4) is 0 Å². The summed E-state index contributed by atoms with van der Waals surface area (Å²) in [6, 6.07) is 3.36. The Morgan fingerprint density at radius 1 is 1.18 bits per heavy atom. The summed E-state index contributed by atoms with van der Waals surface area (Å²) in [6.45, 7) is 0. The Morgan fingerprint density at radius 2 is 1.82 bits per heavy atom. The van der Waals surface area contributed by atoms with Crippen LogP contribution in [0, 0.1) is 5.92 Å². The van der Waals surface area contributed by atoms with Gasteiger partial charge >= 0.3 is 0 Å². The van der Waals surface area contributed by atoms with E-state index in [4.69, 9.17) is 15.2 Å². The van der Waals surface area contributed by atoms with E-state index in [1.807, 2.05) is 0 Å². The van der Waals surface area contributed by atoms with Gasteiger partial charge in [0.1, 0.15) is 0 Å². The maximum Gasteiger partial charge on any atom is 0.224 e. The number of amides is 1. The average Bonchev–Trinajstić information content (AvgIpc) is 2.55. The molecule has 0 saturated heterocycles. The lowest BCUT2D eigenvalue weighted by molar-refractivity contribution is -0.116. The normalized spacial score (nSPS) is 15.4. The van der Waals surface area contributed by atoms with Crippen LogP contribution >= 0.6 is 0 Å². The van der Waals surface area contributed by atoms with Crippen LogP contribution < -0.4 is 20.5 Å². The number of ether oxygens (including phenoxy) is 2. The lowest BCUT2D eigenvalue weighted by Gasteiger charge is -2.21. The SMILES string of the molecule is COc1cc(N)c(NC(=O)CCC2CCCCC2)cc1OC. The van der Waals surface area contributed by atoms with Crippen molar-refractivity contribution in [2.45, 2.75) is 44.9 Å². The molecule has 0 spiro atoms. The highest BCUT2D eigenvalue weighted by Gasteiger charge is 2.16. The third kappa shape index (κ3) is 4.29. The lowest BCUT2D eigenvalue weighted by atomic mass is 9.86. The summed E-state index contributed by atoms with van der Waals surface area (Å²) in [5.41, 5.74) is 7.01. The molecule has 1 amide bonds. The van der Waals surface area contributed by atoms with E-state index in [2.05, 4.69) is 5.32 Å². The standard InChI is InChI=1S/C17H26N2O3/c1-21-15-10-13(18)14(11-16(15)22-2)19-17(20)9-8-12-6-4-3-5-7-12/h10-12H,3-9,18H2,1-2H3,(H,19,20). The second-order valence-corrected chi connectivity index (χ2v) is 5.89. The van der Waals surface area contributed by atoms with Crippen LogP contribution in [0.25, 0.3) is 0 Å².